The summed E-state index contributed by atoms with van der Waals surface area (Å²) in [5, 5.41) is 0. The second-order valence-corrected chi connectivity index (χ2v) is 8.79. The van der Waals surface area contributed by atoms with Crippen molar-refractivity contribution in [3.63, 3.8) is 0 Å². The average molecular weight is 456 g/mol. The third-order valence-corrected chi connectivity index (χ3v) is 5.66. The van der Waals surface area contributed by atoms with E-state index in [9.17, 15) is 4.79 Å². The number of rotatable bonds is 6. The molecular weight excluding hydrogens is 426 g/mol. The standard InChI is InChI=1S/C27H29N5O2/c1-16(2)26-29-14-17(3)25(31-26)23-13-22(10-11-28-23)32-19(5)12-24(20(6)27(32)33)34-15-21-9-7-8-18(4)30-21/h7-14,16H,15H2,1-6H3. The van der Waals surface area contributed by atoms with Gasteiger partial charge >= 0.3 is 0 Å². The summed E-state index contributed by atoms with van der Waals surface area (Å²) in [5.74, 6) is 1.53. The first-order valence-corrected chi connectivity index (χ1v) is 11.3. The molecule has 4 aromatic heterocycles. The average Bonchev–Trinajstić information content (AvgIpc) is 2.81. The molecule has 0 atom stereocenters. The maximum Gasteiger partial charge on any atom is 0.261 e. The Balaban J connectivity index is 1.70. The van der Waals surface area contributed by atoms with E-state index < -0.39 is 0 Å². The highest BCUT2D eigenvalue weighted by atomic mass is 16.5. The van der Waals surface area contributed by atoms with Crippen LogP contribution in [0, 0.1) is 27.7 Å². The number of aromatic nitrogens is 5. The van der Waals surface area contributed by atoms with Crippen LogP contribution in [0.2, 0.25) is 0 Å². The lowest BCUT2D eigenvalue weighted by Crippen LogP contribution is -2.23. The monoisotopic (exact) mass is 455 g/mol. The van der Waals surface area contributed by atoms with Crippen LogP contribution in [0.25, 0.3) is 17.1 Å². The Morgan fingerprint density at radius 2 is 1.79 bits per heavy atom. The molecule has 0 saturated carbocycles. The maximum absolute atomic E-state index is 13.4. The fraction of sp³-hybridized carbons (Fsp3) is 0.296. The quantitative estimate of drug-likeness (QED) is 0.406. The third-order valence-electron chi connectivity index (χ3n) is 5.66. The lowest BCUT2D eigenvalue weighted by Gasteiger charge is -2.16. The molecule has 7 heteroatoms. The Bertz CT molecular complexity index is 1410. The van der Waals surface area contributed by atoms with Gasteiger partial charge in [0, 0.05) is 35.8 Å². The van der Waals surface area contributed by atoms with Crippen molar-refractivity contribution in [2.24, 2.45) is 0 Å². The van der Waals surface area contributed by atoms with Gasteiger partial charge in [-0.2, -0.15) is 0 Å². The van der Waals surface area contributed by atoms with Crippen molar-refractivity contribution in [3.8, 4) is 22.8 Å². The lowest BCUT2D eigenvalue weighted by atomic mass is 10.1. The fourth-order valence-corrected chi connectivity index (χ4v) is 3.78. The first-order valence-electron chi connectivity index (χ1n) is 11.3. The molecule has 0 aromatic carbocycles. The molecule has 7 nitrogen and oxygen atoms in total. The van der Waals surface area contributed by atoms with Crippen molar-refractivity contribution >= 4 is 0 Å². The second kappa shape index (κ2) is 9.55. The van der Waals surface area contributed by atoms with Crippen molar-refractivity contribution in [1.29, 1.82) is 0 Å². The molecule has 4 rings (SSSR count). The van der Waals surface area contributed by atoms with Crippen LogP contribution in [0.3, 0.4) is 0 Å². The minimum atomic E-state index is -0.133. The number of aryl methyl sites for hydroxylation is 3. The van der Waals surface area contributed by atoms with Gasteiger partial charge in [-0.05, 0) is 57.5 Å². The lowest BCUT2D eigenvalue weighted by molar-refractivity contribution is 0.297. The van der Waals surface area contributed by atoms with Crippen molar-refractivity contribution in [2.75, 3.05) is 0 Å². The molecular formula is C27H29N5O2. The van der Waals surface area contributed by atoms with Crippen LogP contribution in [0.15, 0.2) is 53.6 Å². The van der Waals surface area contributed by atoms with E-state index in [1.54, 1.807) is 17.7 Å². The molecule has 0 aliphatic rings. The Morgan fingerprint density at radius 3 is 2.53 bits per heavy atom. The van der Waals surface area contributed by atoms with E-state index >= 15 is 0 Å². The first-order chi connectivity index (χ1) is 16.2. The van der Waals surface area contributed by atoms with Gasteiger partial charge < -0.3 is 4.74 Å². The van der Waals surface area contributed by atoms with Gasteiger partial charge in [0.1, 0.15) is 18.2 Å². The molecule has 34 heavy (non-hydrogen) atoms. The van der Waals surface area contributed by atoms with Crippen LogP contribution in [0.1, 0.15) is 53.8 Å². The predicted octanol–water partition coefficient (Wildman–Crippen LogP) is 5.02. The van der Waals surface area contributed by atoms with Crippen LogP contribution >= 0.6 is 0 Å². The van der Waals surface area contributed by atoms with Gasteiger partial charge in [0.15, 0.2) is 0 Å². The Hall–Kier alpha value is -3.87. The molecule has 174 valence electrons. The van der Waals surface area contributed by atoms with Gasteiger partial charge in [0.05, 0.1) is 28.3 Å². The molecule has 0 spiro atoms. The summed E-state index contributed by atoms with van der Waals surface area (Å²) < 4.78 is 7.65. The maximum atomic E-state index is 13.4. The van der Waals surface area contributed by atoms with Crippen molar-refractivity contribution in [1.82, 2.24) is 24.5 Å². The number of hydrogen-bond acceptors (Lipinski definition) is 6. The zero-order chi connectivity index (χ0) is 24.4. The van der Waals surface area contributed by atoms with Gasteiger partial charge in [0.25, 0.3) is 5.56 Å². The Kier molecular flexibility index (Phi) is 6.54. The highest BCUT2D eigenvalue weighted by Gasteiger charge is 2.15. The Labute approximate surface area is 199 Å². The van der Waals surface area contributed by atoms with E-state index in [4.69, 9.17) is 9.72 Å². The van der Waals surface area contributed by atoms with Gasteiger partial charge in [-0.3, -0.25) is 19.3 Å². The normalized spacial score (nSPS) is 11.1. The molecule has 4 aromatic rings. The van der Waals surface area contributed by atoms with Gasteiger partial charge in [-0.15, -0.1) is 0 Å². The highest BCUT2D eigenvalue weighted by Crippen LogP contribution is 2.24. The van der Waals surface area contributed by atoms with Crippen LogP contribution < -0.4 is 10.3 Å². The predicted molar refractivity (Wildman–Crippen MR) is 132 cm³/mol. The molecule has 0 amide bonds. The smallest absolute Gasteiger partial charge is 0.261 e. The van der Waals surface area contributed by atoms with E-state index in [1.165, 1.54) is 0 Å². The number of ether oxygens (including phenoxy) is 1. The van der Waals surface area contributed by atoms with Crippen LogP contribution in [-0.2, 0) is 6.61 Å². The summed E-state index contributed by atoms with van der Waals surface area (Å²) >= 11 is 0. The SMILES string of the molecule is Cc1cccc(COc2cc(C)n(-c3ccnc(-c4nc(C(C)C)ncc4C)c3)c(=O)c2C)n1. The van der Waals surface area contributed by atoms with Crippen LogP contribution in [0.4, 0.5) is 0 Å². The summed E-state index contributed by atoms with van der Waals surface area (Å²) in [6.45, 7) is 12.0. The van der Waals surface area contributed by atoms with Crippen LogP contribution in [0.5, 0.6) is 5.75 Å². The molecule has 0 unspecified atom stereocenters. The molecule has 4 heterocycles. The summed E-state index contributed by atoms with van der Waals surface area (Å²) in [6, 6.07) is 11.4. The molecule has 0 N–H and O–H groups in total. The summed E-state index contributed by atoms with van der Waals surface area (Å²) in [4.78, 5) is 31.5. The third kappa shape index (κ3) is 4.73. The summed E-state index contributed by atoms with van der Waals surface area (Å²) in [7, 11) is 0. The zero-order valence-corrected chi connectivity index (χ0v) is 20.5. The molecule has 0 radical (unpaired) electrons. The van der Waals surface area contributed by atoms with Crippen molar-refractivity contribution in [3.05, 3.63) is 93.2 Å². The molecule has 0 fully saturated rings. The molecule has 0 aliphatic carbocycles. The van der Waals surface area contributed by atoms with E-state index in [1.807, 2.05) is 63.4 Å². The first kappa shape index (κ1) is 23.3. The van der Waals surface area contributed by atoms with E-state index in [0.717, 1.165) is 39.9 Å². The number of nitrogens with zero attached hydrogens (tertiary/aromatic N) is 5. The van der Waals surface area contributed by atoms with E-state index in [0.29, 0.717) is 23.6 Å². The molecule has 0 bridgehead atoms. The Morgan fingerprint density at radius 1 is 1.00 bits per heavy atom. The van der Waals surface area contributed by atoms with Gasteiger partial charge in [-0.1, -0.05) is 19.9 Å². The molecule has 0 aliphatic heterocycles. The fourth-order valence-electron chi connectivity index (χ4n) is 3.78. The summed E-state index contributed by atoms with van der Waals surface area (Å²) in [6.07, 6.45) is 3.53. The summed E-state index contributed by atoms with van der Waals surface area (Å²) in [5.41, 5.74) is 6.06. The minimum Gasteiger partial charge on any atom is -0.487 e. The molecule has 0 saturated heterocycles. The zero-order valence-electron chi connectivity index (χ0n) is 20.5. The topological polar surface area (TPSA) is 82.8 Å². The van der Waals surface area contributed by atoms with E-state index in [2.05, 4.69) is 28.8 Å². The second-order valence-electron chi connectivity index (χ2n) is 8.79. The van der Waals surface area contributed by atoms with Crippen LogP contribution in [-0.4, -0.2) is 24.5 Å². The van der Waals surface area contributed by atoms with Gasteiger partial charge in [-0.25, -0.2) is 9.97 Å². The number of pyridine rings is 3. The minimum absolute atomic E-state index is 0.133. The number of hydrogen-bond donors (Lipinski definition) is 0. The van der Waals surface area contributed by atoms with Gasteiger partial charge in [0.2, 0.25) is 0 Å². The highest BCUT2D eigenvalue weighted by molar-refractivity contribution is 5.61. The van der Waals surface area contributed by atoms with Crippen molar-refractivity contribution < 1.29 is 4.74 Å². The van der Waals surface area contributed by atoms with Crippen molar-refractivity contribution in [2.45, 2.75) is 54.1 Å². The largest absolute Gasteiger partial charge is 0.487 e. The van der Waals surface area contributed by atoms with E-state index in [-0.39, 0.29) is 11.5 Å².